The molecule has 146 valence electrons. The van der Waals surface area contributed by atoms with Crippen LogP contribution < -0.4 is 10.0 Å². The fourth-order valence-electron chi connectivity index (χ4n) is 2.52. The SMILES string of the molecule is CC(=O)c1ccc(S(=O)(=O)NCCNc2cc(-n3ccnc3C)ncn2)cc1. The average Bonchev–Trinajstić information content (AvgIpc) is 3.11. The van der Waals surface area contributed by atoms with Gasteiger partial charge in [0.05, 0.1) is 4.90 Å². The predicted molar refractivity (Wildman–Crippen MR) is 104 cm³/mol. The second-order valence-corrected chi connectivity index (χ2v) is 7.78. The summed E-state index contributed by atoms with van der Waals surface area (Å²) in [6, 6.07) is 7.57. The van der Waals surface area contributed by atoms with Crippen molar-refractivity contribution in [2.45, 2.75) is 18.7 Å². The van der Waals surface area contributed by atoms with E-state index in [0.717, 1.165) is 5.82 Å². The largest absolute Gasteiger partial charge is 0.369 e. The number of nitrogens with zero attached hydrogens (tertiary/aromatic N) is 4. The van der Waals surface area contributed by atoms with Crippen LogP contribution in [0.4, 0.5) is 5.82 Å². The topological polar surface area (TPSA) is 119 Å². The minimum Gasteiger partial charge on any atom is -0.369 e. The van der Waals surface area contributed by atoms with Gasteiger partial charge in [-0.05, 0) is 26.0 Å². The van der Waals surface area contributed by atoms with Crippen LogP contribution in [0.5, 0.6) is 0 Å². The number of aryl methyl sites for hydroxylation is 1. The molecule has 28 heavy (non-hydrogen) atoms. The Morgan fingerprint density at radius 1 is 1.11 bits per heavy atom. The number of sulfonamides is 1. The standard InChI is InChI=1S/C18H20N6O3S/c1-13(25)15-3-5-16(6-4-15)28(26,27)23-8-7-20-17-11-18(22-12-21-17)24-10-9-19-14(24)2/h3-6,9-12,23H,7-8H2,1-2H3,(H,20,21,22). The number of nitrogens with one attached hydrogen (secondary N) is 2. The summed E-state index contributed by atoms with van der Waals surface area (Å²) in [6.45, 7) is 3.80. The van der Waals surface area contributed by atoms with E-state index in [2.05, 4.69) is 25.0 Å². The molecule has 0 radical (unpaired) electrons. The summed E-state index contributed by atoms with van der Waals surface area (Å²) in [5.74, 6) is 1.92. The van der Waals surface area contributed by atoms with Crippen molar-refractivity contribution in [2.75, 3.05) is 18.4 Å². The summed E-state index contributed by atoms with van der Waals surface area (Å²) in [4.78, 5) is 23.9. The zero-order valence-corrected chi connectivity index (χ0v) is 16.3. The van der Waals surface area contributed by atoms with Crippen LogP contribution in [-0.4, -0.2) is 46.8 Å². The lowest BCUT2D eigenvalue weighted by Crippen LogP contribution is -2.29. The fourth-order valence-corrected chi connectivity index (χ4v) is 3.56. The number of Topliss-reactive ketones (excluding diaryl/α,β-unsaturated/α-hetero) is 1. The fraction of sp³-hybridized carbons (Fsp3) is 0.222. The van der Waals surface area contributed by atoms with Crippen LogP contribution in [0, 0.1) is 6.92 Å². The number of carbonyl (C=O) groups excluding carboxylic acids is 1. The van der Waals surface area contributed by atoms with Crippen LogP contribution in [0.3, 0.4) is 0 Å². The molecule has 0 aliphatic heterocycles. The summed E-state index contributed by atoms with van der Waals surface area (Å²) < 4.78 is 29.0. The number of hydrogen-bond acceptors (Lipinski definition) is 7. The molecular formula is C18H20N6O3S. The van der Waals surface area contributed by atoms with Crippen molar-refractivity contribution in [3.05, 3.63) is 60.4 Å². The minimum absolute atomic E-state index is 0.109. The van der Waals surface area contributed by atoms with Crippen LogP contribution in [0.2, 0.25) is 0 Å². The first-order valence-electron chi connectivity index (χ1n) is 8.54. The molecule has 0 aliphatic rings. The van der Waals surface area contributed by atoms with Gasteiger partial charge in [0.15, 0.2) is 5.78 Å². The van der Waals surface area contributed by atoms with Gasteiger partial charge in [-0.1, -0.05) is 12.1 Å². The quantitative estimate of drug-likeness (QED) is 0.435. The van der Waals surface area contributed by atoms with Gasteiger partial charge in [0.2, 0.25) is 10.0 Å². The normalized spacial score (nSPS) is 11.4. The molecule has 10 heteroatoms. The van der Waals surface area contributed by atoms with Crippen molar-refractivity contribution < 1.29 is 13.2 Å². The van der Waals surface area contributed by atoms with Crippen LogP contribution in [-0.2, 0) is 10.0 Å². The van der Waals surface area contributed by atoms with Gasteiger partial charge in [0, 0.05) is 37.1 Å². The second-order valence-electron chi connectivity index (χ2n) is 6.01. The molecule has 0 saturated heterocycles. The van der Waals surface area contributed by atoms with Crippen LogP contribution in [0.15, 0.2) is 53.9 Å². The van der Waals surface area contributed by atoms with E-state index in [9.17, 15) is 13.2 Å². The maximum absolute atomic E-state index is 12.3. The third-order valence-electron chi connectivity index (χ3n) is 4.02. The number of ketones is 1. The number of anilines is 1. The molecule has 0 bridgehead atoms. The molecule has 2 heterocycles. The lowest BCUT2D eigenvalue weighted by molar-refractivity contribution is 0.101. The molecule has 0 atom stereocenters. The van der Waals surface area contributed by atoms with Crippen molar-refractivity contribution in [1.29, 1.82) is 0 Å². The van der Waals surface area contributed by atoms with Gasteiger partial charge in [0.1, 0.15) is 23.8 Å². The first kappa shape index (κ1) is 19.6. The first-order chi connectivity index (χ1) is 13.4. The van der Waals surface area contributed by atoms with Gasteiger partial charge < -0.3 is 5.32 Å². The maximum Gasteiger partial charge on any atom is 0.240 e. The molecule has 2 aromatic heterocycles. The van der Waals surface area contributed by atoms with Gasteiger partial charge in [-0.3, -0.25) is 9.36 Å². The van der Waals surface area contributed by atoms with Crippen LogP contribution in [0.25, 0.3) is 5.82 Å². The van der Waals surface area contributed by atoms with E-state index in [0.29, 0.717) is 23.7 Å². The molecule has 0 amide bonds. The lowest BCUT2D eigenvalue weighted by atomic mass is 10.2. The number of rotatable bonds is 8. The number of benzene rings is 1. The lowest BCUT2D eigenvalue weighted by Gasteiger charge is -2.10. The van der Waals surface area contributed by atoms with Crippen molar-refractivity contribution in [3.8, 4) is 5.82 Å². The Labute approximate surface area is 162 Å². The maximum atomic E-state index is 12.3. The molecule has 0 saturated carbocycles. The Morgan fingerprint density at radius 3 is 2.50 bits per heavy atom. The highest BCUT2D eigenvalue weighted by atomic mass is 32.2. The number of aromatic nitrogens is 4. The molecule has 0 spiro atoms. The second kappa shape index (κ2) is 8.28. The monoisotopic (exact) mass is 400 g/mol. The molecule has 3 rings (SSSR count). The highest BCUT2D eigenvalue weighted by Gasteiger charge is 2.13. The first-order valence-corrected chi connectivity index (χ1v) is 10.0. The Morgan fingerprint density at radius 2 is 1.86 bits per heavy atom. The van der Waals surface area contributed by atoms with E-state index in [1.807, 2.05) is 11.5 Å². The average molecular weight is 400 g/mol. The number of imidazole rings is 1. The van der Waals surface area contributed by atoms with Gasteiger partial charge in [0.25, 0.3) is 0 Å². The Kier molecular flexibility index (Phi) is 5.81. The van der Waals surface area contributed by atoms with Gasteiger partial charge >= 0.3 is 0 Å². The Hall–Kier alpha value is -3.11. The summed E-state index contributed by atoms with van der Waals surface area (Å²) in [7, 11) is -3.65. The van der Waals surface area contributed by atoms with Gasteiger partial charge in [-0.15, -0.1) is 0 Å². The van der Waals surface area contributed by atoms with E-state index in [4.69, 9.17) is 0 Å². The molecule has 2 N–H and O–H groups in total. The van der Waals surface area contributed by atoms with Gasteiger partial charge in [-0.2, -0.15) is 0 Å². The molecule has 1 aromatic carbocycles. The van der Waals surface area contributed by atoms with E-state index in [-0.39, 0.29) is 17.2 Å². The third-order valence-corrected chi connectivity index (χ3v) is 5.50. The highest BCUT2D eigenvalue weighted by Crippen LogP contribution is 2.12. The van der Waals surface area contributed by atoms with Crippen molar-refractivity contribution in [2.24, 2.45) is 0 Å². The number of carbonyl (C=O) groups is 1. The zero-order chi connectivity index (χ0) is 20.1. The predicted octanol–water partition coefficient (Wildman–Crippen LogP) is 1.56. The summed E-state index contributed by atoms with van der Waals surface area (Å²) in [5, 5.41) is 3.06. The van der Waals surface area contributed by atoms with E-state index in [1.165, 1.54) is 37.5 Å². The molecule has 0 unspecified atom stereocenters. The van der Waals surface area contributed by atoms with Gasteiger partial charge in [-0.25, -0.2) is 28.1 Å². The molecule has 3 aromatic rings. The molecule has 9 nitrogen and oxygen atoms in total. The number of hydrogen-bond donors (Lipinski definition) is 2. The summed E-state index contributed by atoms with van der Waals surface area (Å²) in [6.07, 6.45) is 4.91. The molecule has 0 aliphatic carbocycles. The Bertz CT molecular complexity index is 1080. The third kappa shape index (κ3) is 4.59. The molecular weight excluding hydrogens is 380 g/mol. The molecule has 0 fully saturated rings. The summed E-state index contributed by atoms with van der Waals surface area (Å²) in [5.41, 5.74) is 0.466. The van der Waals surface area contributed by atoms with Crippen LogP contribution >= 0.6 is 0 Å². The van der Waals surface area contributed by atoms with Crippen molar-refractivity contribution in [3.63, 3.8) is 0 Å². The summed E-state index contributed by atoms with van der Waals surface area (Å²) >= 11 is 0. The van der Waals surface area contributed by atoms with E-state index >= 15 is 0 Å². The van der Waals surface area contributed by atoms with E-state index < -0.39 is 10.0 Å². The Balaban J connectivity index is 1.57. The van der Waals surface area contributed by atoms with Crippen LogP contribution in [0.1, 0.15) is 23.1 Å². The smallest absolute Gasteiger partial charge is 0.240 e. The van der Waals surface area contributed by atoms with Crippen molar-refractivity contribution >= 4 is 21.6 Å². The van der Waals surface area contributed by atoms with Crippen molar-refractivity contribution in [1.82, 2.24) is 24.2 Å². The zero-order valence-electron chi connectivity index (χ0n) is 15.5. The van der Waals surface area contributed by atoms with E-state index in [1.54, 1.807) is 18.5 Å². The minimum atomic E-state index is -3.65. The highest BCUT2D eigenvalue weighted by molar-refractivity contribution is 7.89.